The summed E-state index contributed by atoms with van der Waals surface area (Å²) in [5.41, 5.74) is 6.59. The first-order valence-electron chi connectivity index (χ1n) is 7.12. The van der Waals surface area contributed by atoms with E-state index >= 15 is 0 Å². The van der Waals surface area contributed by atoms with Crippen LogP contribution in [0.4, 0.5) is 0 Å². The molecule has 3 nitrogen and oxygen atoms in total. The van der Waals surface area contributed by atoms with Crippen LogP contribution < -0.4 is 5.73 Å². The second-order valence-corrected chi connectivity index (χ2v) is 7.17. The van der Waals surface area contributed by atoms with Gasteiger partial charge in [0.15, 0.2) is 0 Å². The van der Waals surface area contributed by atoms with Crippen LogP contribution in [0.15, 0.2) is 18.2 Å². The van der Waals surface area contributed by atoms with E-state index in [1.165, 1.54) is 0 Å². The molecule has 1 rings (SSSR count). The summed E-state index contributed by atoms with van der Waals surface area (Å²) < 4.78 is 0. The largest absolute Gasteiger partial charge is 0.336 e. The lowest BCUT2D eigenvalue weighted by atomic mass is 9.99. The number of hydrogen-bond donors (Lipinski definition) is 1. The molecule has 0 bridgehead atoms. The molecule has 0 fully saturated rings. The van der Waals surface area contributed by atoms with E-state index in [4.69, 9.17) is 28.9 Å². The van der Waals surface area contributed by atoms with E-state index in [1.54, 1.807) is 12.1 Å². The molecule has 0 spiro atoms. The quantitative estimate of drug-likeness (QED) is 0.847. The lowest BCUT2D eigenvalue weighted by molar-refractivity contribution is -0.133. The fourth-order valence-electron chi connectivity index (χ4n) is 1.97. The summed E-state index contributed by atoms with van der Waals surface area (Å²) in [6, 6.07) is 5.57. The van der Waals surface area contributed by atoms with Crippen LogP contribution in [0.2, 0.25) is 10.0 Å². The molecule has 1 aromatic rings. The summed E-state index contributed by atoms with van der Waals surface area (Å²) >= 11 is 11.9. The van der Waals surface area contributed by atoms with Gasteiger partial charge in [0.1, 0.15) is 0 Å². The van der Waals surface area contributed by atoms with E-state index in [-0.39, 0.29) is 17.5 Å². The lowest BCUT2D eigenvalue weighted by Crippen LogP contribution is -2.39. The Morgan fingerprint density at radius 3 is 2.38 bits per heavy atom. The summed E-state index contributed by atoms with van der Waals surface area (Å²) in [4.78, 5) is 14.2. The normalized spacial score (nSPS) is 11.8. The Kier molecular flexibility index (Phi) is 6.51. The summed E-state index contributed by atoms with van der Waals surface area (Å²) in [5.74, 6) is 0.106. The standard InChI is InChI=1S/C16H24Cl2N2O/c1-11(2)20(15(21)7-8-16(3,4)19)10-12-5-6-13(17)14(18)9-12/h5-6,9,11H,7-8,10,19H2,1-4H3. The van der Waals surface area contributed by atoms with Gasteiger partial charge in [-0.25, -0.2) is 0 Å². The predicted molar refractivity (Wildman–Crippen MR) is 89.6 cm³/mol. The van der Waals surface area contributed by atoms with Crippen LogP contribution in [-0.4, -0.2) is 22.4 Å². The molecule has 21 heavy (non-hydrogen) atoms. The SMILES string of the molecule is CC(C)N(Cc1ccc(Cl)c(Cl)c1)C(=O)CCC(C)(C)N. The molecule has 0 atom stereocenters. The van der Waals surface area contributed by atoms with Crippen LogP contribution in [0.1, 0.15) is 46.1 Å². The van der Waals surface area contributed by atoms with Gasteiger partial charge in [0.2, 0.25) is 5.91 Å². The number of nitrogens with two attached hydrogens (primary N) is 1. The number of halogens is 2. The average Bonchev–Trinajstić information content (AvgIpc) is 2.36. The minimum absolute atomic E-state index is 0.106. The van der Waals surface area contributed by atoms with E-state index in [0.717, 1.165) is 5.56 Å². The fraction of sp³-hybridized carbons (Fsp3) is 0.562. The van der Waals surface area contributed by atoms with Gasteiger partial charge in [-0.3, -0.25) is 4.79 Å². The van der Waals surface area contributed by atoms with Crippen molar-refractivity contribution in [3.05, 3.63) is 33.8 Å². The number of amides is 1. The van der Waals surface area contributed by atoms with Crippen molar-refractivity contribution in [1.82, 2.24) is 4.90 Å². The molecule has 118 valence electrons. The second kappa shape index (κ2) is 7.48. The summed E-state index contributed by atoms with van der Waals surface area (Å²) in [6.45, 7) is 8.39. The number of benzene rings is 1. The Balaban J connectivity index is 2.77. The first-order chi connectivity index (χ1) is 9.60. The molecule has 5 heteroatoms. The zero-order valence-corrected chi connectivity index (χ0v) is 14.6. The minimum Gasteiger partial charge on any atom is -0.336 e. The Hall–Kier alpha value is -0.770. The van der Waals surface area contributed by atoms with E-state index in [9.17, 15) is 4.79 Å². The number of carbonyl (C=O) groups excluding carboxylic acids is 1. The highest BCUT2D eigenvalue weighted by molar-refractivity contribution is 6.42. The van der Waals surface area contributed by atoms with Crippen molar-refractivity contribution in [1.29, 1.82) is 0 Å². The molecule has 0 saturated heterocycles. The zero-order chi connectivity index (χ0) is 16.2. The minimum atomic E-state index is -0.331. The Labute approximate surface area is 137 Å². The highest BCUT2D eigenvalue weighted by Crippen LogP contribution is 2.24. The molecular weight excluding hydrogens is 307 g/mol. The lowest BCUT2D eigenvalue weighted by Gasteiger charge is -2.28. The van der Waals surface area contributed by atoms with Crippen LogP contribution in [0.25, 0.3) is 0 Å². The number of hydrogen-bond acceptors (Lipinski definition) is 2. The summed E-state index contributed by atoms with van der Waals surface area (Å²) in [5, 5.41) is 1.03. The molecule has 2 N–H and O–H groups in total. The highest BCUT2D eigenvalue weighted by atomic mass is 35.5. The first kappa shape index (κ1) is 18.3. The maximum Gasteiger partial charge on any atom is 0.223 e. The van der Waals surface area contributed by atoms with E-state index < -0.39 is 0 Å². The highest BCUT2D eigenvalue weighted by Gasteiger charge is 2.20. The number of rotatable bonds is 6. The van der Waals surface area contributed by atoms with Gasteiger partial charge in [0.25, 0.3) is 0 Å². The van der Waals surface area contributed by atoms with Crippen LogP contribution in [0.5, 0.6) is 0 Å². The molecule has 0 unspecified atom stereocenters. The van der Waals surface area contributed by atoms with Gasteiger partial charge in [0.05, 0.1) is 10.0 Å². The molecule has 0 radical (unpaired) electrons. The Morgan fingerprint density at radius 2 is 1.90 bits per heavy atom. The maximum atomic E-state index is 12.4. The molecule has 0 aliphatic heterocycles. The predicted octanol–water partition coefficient (Wildman–Crippen LogP) is 4.25. The molecule has 0 aliphatic carbocycles. The van der Waals surface area contributed by atoms with Crippen molar-refractivity contribution in [3.8, 4) is 0 Å². The van der Waals surface area contributed by atoms with Gasteiger partial charge >= 0.3 is 0 Å². The van der Waals surface area contributed by atoms with Gasteiger partial charge in [-0.1, -0.05) is 29.3 Å². The van der Waals surface area contributed by atoms with Crippen LogP contribution in [-0.2, 0) is 11.3 Å². The van der Waals surface area contributed by atoms with Gasteiger partial charge in [-0.15, -0.1) is 0 Å². The second-order valence-electron chi connectivity index (χ2n) is 6.35. The molecule has 0 saturated carbocycles. The van der Waals surface area contributed by atoms with E-state index in [1.807, 2.05) is 38.7 Å². The molecule has 0 aromatic heterocycles. The molecular formula is C16H24Cl2N2O. The zero-order valence-electron chi connectivity index (χ0n) is 13.1. The third kappa shape index (κ3) is 6.25. The molecule has 1 aromatic carbocycles. The van der Waals surface area contributed by atoms with Crippen LogP contribution >= 0.6 is 23.2 Å². The van der Waals surface area contributed by atoms with Gasteiger partial charge in [0, 0.05) is 24.5 Å². The monoisotopic (exact) mass is 330 g/mol. The van der Waals surface area contributed by atoms with Gasteiger partial charge in [-0.2, -0.15) is 0 Å². The third-order valence-corrected chi connectivity index (χ3v) is 4.00. The third-order valence-electron chi connectivity index (χ3n) is 3.26. The van der Waals surface area contributed by atoms with Crippen molar-refractivity contribution >= 4 is 29.1 Å². The van der Waals surface area contributed by atoms with E-state index in [0.29, 0.717) is 29.4 Å². The molecule has 0 heterocycles. The van der Waals surface area contributed by atoms with Crippen molar-refractivity contribution in [3.63, 3.8) is 0 Å². The van der Waals surface area contributed by atoms with Crippen LogP contribution in [0, 0.1) is 0 Å². The average molecular weight is 331 g/mol. The molecule has 0 aliphatic rings. The fourth-order valence-corrected chi connectivity index (χ4v) is 2.29. The smallest absolute Gasteiger partial charge is 0.223 e. The molecule has 1 amide bonds. The van der Waals surface area contributed by atoms with E-state index in [2.05, 4.69) is 0 Å². The number of nitrogens with zero attached hydrogens (tertiary/aromatic N) is 1. The Bertz CT molecular complexity index is 496. The maximum absolute atomic E-state index is 12.4. The summed E-state index contributed by atoms with van der Waals surface area (Å²) in [7, 11) is 0. The van der Waals surface area contributed by atoms with Crippen molar-refractivity contribution < 1.29 is 4.79 Å². The van der Waals surface area contributed by atoms with Crippen molar-refractivity contribution in [2.45, 2.75) is 58.7 Å². The first-order valence-corrected chi connectivity index (χ1v) is 7.88. The number of carbonyl (C=O) groups is 1. The van der Waals surface area contributed by atoms with Crippen molar-refractivity contribution in [2.24, 2.45) is 5.73 Å². The summed E-state index contributed by atoms with van der Waals surface area (Å²) in [6.07, 6.45) is 1.11. The van der Waals surface area contributed by atoms with Gasteiger partial charge in [-0.05, 0) is 51.8 Å². The topological polar surface area (TPSA) is 46.3 Å². The van der Waals surface area contributed by atoms with Crippen LogP contribution in [0.3, 0.4) is 0 Å². The van der Waals surface area contributed by atoms with Crippen molar-refractivity contribution in [2.75, 3.05) is 0 Å². The Morgan fingerprint density at radius 1 is 1.29 bits per heavy atom. The van der Waals surface area contributed by atoms with Gasteiger partial charge < -0.3 is 10.6 Å².